The molecule has 0 saturated carbocycles. The summed E-state index contributed by atoms with van der Waals surface area (Å²) in [5, 5.41) is 17.3. The highest BCUT2D eigenvalue weighted by Gasteiger charge is 2.37. The molecule has 17 heavy (non-hydrogen) atoms. The Labute approximate surface area is 102 Å². The first-order chi connectivity index (χ1) is 8.31. The topological polar surface area (TPSA) is 44.3 Å². The van der Waals surface area contributed by atoms with E-state index in [1.807, 2.05) is 6.07 Å². The van der Waals surface area contributed by atoms with Gasteiger partial charge in [-0.2, -0.15) is 0 Å². The average Bonchev–Trinajstić information content (AvgIpc) is 2.76. The average molecular weight is 232 g/mol. The Bertz CT molecular complexity index is 419. The highest BCUT2D eigenvalue weighted by Crippen LogP contribution is 2.44. The summed E-state index contributed by atoms with van der Waals surface area (Å²) < 4.78 is 0. The SMILES string of the molecule is CCCNC1CC2CNc3cccc(c32)C1O. The van der Waals surface area contributed by atoms with Gasteiger partial charge in [-0.05, 0) is 36.6 Å². The van der Waals surface area contributed by atoms with E-state index < -0.39 is 0 Å². The van der Waals surface area contributed by atoms with E-state index in [-0.39, 0.29) is 12.1 Å². The van der Waals surface area contributed by atoms with Gasteiger partial charge in [0.2, 0.25) is 0 Å². The van der Waals surface area contributed by atoms with Crippen molar-refractivity contribution in [2.45, 2.75) is 37.8 Å². The molecule has 1 aromatic rings. The zero-order valence-corrected chi connectivity index (χ0v) is 10.2. The fraction of sp³-hybridized carbons (Fsp3) is 0.571. The number of benzene rings is 1. The van der Waals surface area contributed by atoms with Gasteiger partial charge in [-0.1, -0.05) is 19.1 Å². The van der Waals surface area contributed by atoms with Crippen molar-refractivity contribution in [1.29, 1.82) is 0 Å². The third-order valence-electron chi connectivity index (χ3n) is 3.98. The third kappa shape index (κ3) is 1.74. The maximum absolute atomic E-state index is 10.4. The van der Waals surface area contributed by atoms with Gasteiger partial charge in [-0.3, -0.25) is 0 Å². The first-order valence-electron chi connectivity index (χ1n) is 6.59. The maximum atomic E-state index is 10.4. The summed E-state index contributed by atoms with van der Waals surface area (Å²) >= 11 is 0. The van der Waals surface area contributed by atoms with Crippen molar-refractivity contribution in [3.63, 3.8) is 0 Å². The molecule has 0 fully saturated rings. The van der Waals surface area contributed by atoms with Crippen LogP contribution in [0.25, 0.3) is 0 Å². The van der Waals surface area contributed by atoms with Crippen molar-refractivity contribution in [3.05, 3.63) is 29.3 Å². The van der Waals surface area contributed by atoms with Crippen LogP contribution in [-0.2, 0) is 0 Å². The minimum Gasteiger partial charge on any atom is -0.387 e. The molecular formula is C14H20N2O. The lowest BCUT2D eigenvalue weighted by Gasteiger charge is -2.33. The lowest BCUT2D eigenvalue weighted by Crippen LogP contribution is -2.40. The van der Waals surface area contributed by atoms with E-state index in [1.54, 1.807) is 0 Å². The summed E-state index contributed by atoms with van der Waals surface area (Å²) in [7, 11) is 0. The Morgan fingerprint density at radius 3 is 3.18 bits per heavy atom. The van der Waals surface area contributed by atoms with Crippen molar-refractivity contribution in [3.8, 4) is 0 Å². The van der Waals surface area contributed by atoms with Crippen LogP contribution in [0.15, 0.2) is 18.2 Å². The van der Waals surface area contributed by atoms with Gasteiger partial charge in [0.25, 0.3) is 0 Å². The van der Waals surface area contributed by atoms with Crippen molar-refractivity contribution >= 4 is 5.69 Å². The predicted octanol–water partition coefficient (Wildman–Crippen LogP) is 2.00. The van der Waals surface area contributed by atoms with Crippen molar-refractivity contribution in [1.82, 2.24) is 5.32 Å². The quantitative estimate of drug-likeness (QED) is 0.747. The van der Waals surface area contributed by atoms with Crippen LogP contribution >= 0.6 is 0 Å². The standard InChI is InChI=1S/C14H20N2O/c1-2-6-15-12-7-9-8-16-11-5-3-4-10(13(9)11)14(12)17/h3-5,9,12,14-17H,2,6-8H2,1H3. The number of anilines is 1. The van der Waals surface area contributed by atoms with E-state index in [0.717, 1.165) is 31.5 Å². The third-order valence-corrected chi connectivity index (χ3v) is 3.98. The highest BCUT2D eigenvalue weighted by atomic mass is 16.3. The lowest BCUT2D eigenvalue weighted by atomic mass is 9.79. The molecule has 3 unspecified atom stereocenters. The van der Waals surface area contributed by atoms with Gasteiger partial charge in [-0.25, -0.2) is 0 Å². The van der Waals surface area contributed by atoms with E-state index in [2.05, 4.69) is 29.7 Å². The molecule has 0 amide bonds. The molecule has 0 spiro atoms. The maximum Gasteiger partial charge on any atom is 0.0946 e. The molecule has 3 nitrogen and oxygen atoms in total. The van der Waals surface area contributed by atoms with E-state index >= 15 is 0 Å². The van der Waals surface area contributed by atoms with Crippen LogP contribution in [0.2, 0.25) is 0 Å². The lowest BCUT2D eigenvalue weighted by molar-refractivity contribution is 0.110. The second-order valence-electron chi connectivity index (χ2n) is 5.13. The number of aliphatic hydroxyl groups is 1. The van der Waals surface area contributed by atoms with Crippen LogP contribution in [0.1, 0.15) is 42.9 Å². The zero-order chi connectivity index (χ0) is 11.8. The smallest absolute Gasteiger partial charge is 0.0946 e. The van der Waals surface area contributed by atoms with E-state index in [1.165, 1.54) is 11.3 Å². The summed E-state index contributed by atoms with van der Waals surface area (Å²) in [5.41, 5.74) is 3.70. The molecule has 1 aromatic carbocycles. The van der Waals surface area contributed by atoms with Gasteiger partial charge in [0.1, 0.15) is 0 Å². The molecule has 2 aliphatic rings. The molecule has 1 aliphatic carbocycles. The summed E-state index contributed by atoms with van der Waals surface area (Å²) in [6, 6.07) is 6.44. The summed E-state index contributed by atoms with van der Waals surface area (Å²) in [4.78, 5) is 0. The van der Waals surface area contributed by atoms with Crippen LogP contribution in [0.4, 0.5) is 5.69 Å². The molecule has 0 aromatic heterocycles. The molecular weight excluding hydrogens is 212 g/mol. The van der Waals surface area contributed by atoms with E-state index in [0.29, 0.717) is 5.92 Å². The van der Waals surface area contributed by atoms with Gasteiger partial charge in [0, 0.05) is 24.2 Å². The number of hydrogen-bond acceptors (Lipinski definition) is 3. The Balaban J connectivity index is 1.91. The Kier molecular flexibility index (Phi) is 2.81. The van der Waals surface area contributed by atoms with Crippen molar-refractivity contribution < 1.29 is 5.11 Å². The molecule has 3 heteroatoms. The minimum atomic E-state index is -0.354. The Morgan fingerprint density at radius 2 is 2.35 bits per heavy atom. The summed E-state index contributed by atoms with van der Waals surface area (Å²) in [6.45, 7) is 4.16. The Morgan fingerprint density at radius 1 is 1.47 bits per heavy atom. The van der Waals surface area contributed by atoms with Crippen LogP contribution in [0.3, 0.4) is 0 Å². The normalized spacial score (nSPS) is 29.9. The summed E-state index contributed by atoms with van der Waals surface area (Å²) in [5.74, 6) is 0.568. The minimum absolute atomic E-state index is 0.211. The molecule has 0 radical (unpaired) electrons. The van der Waals surface area contributed by atoms with Gasteiger partial charge in [0.05, 0.1) is 6.10 Å². The van der Waals surface area contributed by atoms with E-state index in [9.17, 15) is 5.11 Å². The van der Waals surface area contributed by atoms with E-state index in [4.69, 9.17) is 0 Å². The molecule has 92 valence electrons. The van der Waals surface area contributed by atoms with Gasteiger partial charge >= 0.3 is 0 Å². The predicted molar refractivity (Wildman–Crippen MR) is 69.3 cm³/mol. The second kappa shape index (κ2) is 4.31. The molecule has 0 saturated heterocycles. The number of nitrogens with one attached hydrogen (secondary N) is 2. The molecule has 3 atom stereocenters. The number of hydrogen-bond donors (Lipinski definition) is 3. The Hall–Kier alpha value is -1.06. The molecule has 0 bridgehead atoms. The first kappa shape index (κ1) is 11.1. The van der Waals surface area contributed by atoms with Crippen LogP contribution < -0.4 is 10.6 Å². The van der Waals surface area contributed by atoms with Gasteiger partial charge < -0.3 is 15.7 Å². The first-order valence-corrected chi connectivity index (χ1v) is 6.59. The largest absolute Gasteiger partial charge is 0.387 e. The van der Waals surface area contributed by atoms with Crippen LogP contribution in [-0.4, -0.2) is 24.2 Å². The molecule has 3 rings (SSSR count). The van der Waals surface area contributed by atoms with Crippen molar-refractivity contribution in [2.24, 2.45) is 0 Å². The number of rotatable bonds is 3. The zero-order valence-electron chi connectivity index (χ0n) is 10.2. The molecule has 1 aliphatic heterocycles. The molecule has 1 heterocycles. The fourth-order valence-corrected chi connectivity index (χ4v) is 3.16. The highest BCUT2D eigenvalue weighted by molar-refractivity contribution is 5.62. The summed E-state index contributed by atoms with van der Waals surface area (Å²) in [6.07, 6.45) is 1.80. The molecule has 3 N–H and O–H groups in total. The van der Waals surface area contributed by atoms with Crippen LogP contribution in [0, 0.1) is 0 Å². The van der Waals surface area contributed by atoms with Crippen LogP contribution in [0.5, 0.6) is 0 Å². The fourth-order valence-electron chi connectivity index (χ4n) is 3.16. The van der Waals surface area contributed by atoms with Crippen molar-refractivity contribution in [2.75, 3.05) is 18.4 Å². The second-order valence-corrected chi connectivity index (χ2v) is 5.13. The monoisotopic (exact) mass is 232 g/mol. The number of aliphatic hydroxyl groups excluding tert-OH is 1. The van der Waals surface area contributed by atoms with Gasteiger partial charge in [0.15, 0.2) is 0 Å². The van der Waals surface area contributed by atoms with Gasteiger partial charge in [-0.15, -0.1) is 0 Å².